The Kier molecular flexibility index (Phi) is 7.97. The predicted octanol–water partition coefficient (Wildman–Crippen LogP) is 4.38. The molecule has 0 radical (unpaired) electrons. The zero-order chi connectivity index (χ0) is 27.9. The molecule has 5 rings (SSSR count). The third-order valence-electron chi connectivity index (χ3n) is 8.31. The Bertz CT molecular complexity index is 1500. The van der Waals surface area contributed by atoms with Gasteiger partial charge in [-0.1, -0.05) is 42.5 Å². The summed E-state index contributed by atoms with van der Waals surface area (Å²) in [5.74, 6) is 0.514. The van der Waals surface area contributed by atoms with E-state index in [2.05, 4.69) is 39.9 Å². The summed E-state index contributed by atoms with van der Waals surface area (Å²) in [7, 11) is -1.22. The summed E-state index contributed by atoms with van der Waals surface area (Å²) in [5, 5.41) is 0.711. The number of nitrogens with zero attached hydrogens (tertiary/aromatic N) is 3. The number of Topliss-reactive ketones (excluding diaryl/α,β-unsaturated/α-hetero) is 1. The molecule has 0 bridgehead atoms. The standard InChI is InChI=1S/C30H38N4O3S2/c1-20(2)39(36,37)33-13-11-25(12-14-33)34-19-27(22-5-4-6-23(16-22)30(31)38)26-9-7-21(15-28(26)34)8-10-29(35)24-17-32(3)18-24/h4-7,9,15-16,19-20,24-25H,8,10-14,17-18H2,1-3H3,(H2,31,38). The second kappa shape index (κ2) is 11.1. The molecule has 0 saturated carbocycles. The molecule has 208 valence electrons. The summed E-state index contributed by atoms with van der Waals surface area (Å²) >= 11 is 5.23. The van der Waals surface area contributed by atoms with Crippen molar-refractivity contribution in [3.05, 3.63) is 59.8 Å². The number of fused-ring (bicyclic) bond motifs is 1. The van der Waals surface area contributed by atoms with Crippen molar-refractivity contribution in [3.63, 3.8) is 0 Å². The smallest absolute Gasteiger partial charge is 0.216 e. The molecule has 2 N–H and O–H groups in total. The normalized spacial score (nSPS) is 18.1. The zero-order valence-electron chi connectivity index (χ0n) is 23.0. The van der Waals surface area contributed by atoms with E-state index in [-0.39, 0.29) is 12.0 Å². The summed E-state index contributed by atoms with van der Waals surface area (Å²) in [5.41, 5.74) is 11.2. The molecule has 3 aromatic rings. The Hall–Kier alpha value is -2.59. The second-order valence-electron chi connectivity index (χ2n) is 11.4. The molecule has 2 aromatic carbocycles. The summed E-state index contributed by atoms with van der Waals surface area (Å²) in [4.78, 5) is 15.2. The first-order valence-corrected chi connectivity index (χ1v) is 15.7. The van der Waals surface area contributed by atoms with E-state index in [1.165, 1.54) is 0 Å². The molecule has 1 aromatic heterocycles. The molecule has 2 aliphatic heterocycles. The van der Waals surface area contributed by atoms with Gasteiger partial charge in [0.15, 0.2) is 0 Å². The molecule has 2 fully saturated rings. The van der Waals surface area contributed by atoms with Gasteiger partial charge in [-0.3, -0.25) is 4.79 Å². The summed E-state index contributed by atoms with van der Waals surface area (Å²) < 4.78 is 29.5. The van der Waals surface area contributed by atoms with Gasteiger partial charge in [0.2, 0.25) is 10.0 Å². The predicted molar refractivity (Wildman–Crippen MR) is 161 cm³/mol. The molecule has 0 atom stereocenters. The van der Waals surface area contributed by atoms with E-state index in [0.717, 1.165) is 65.5 Å². The average molecular weight is 567 g/mol. The summed E-state index contributed by atoms with van der Waals surface area (Å²) in [6.45, 7) is 6.23. The number of carbonyl (C=O) groups is 1. The Labute approximate surface area is 237 Å². The molecule has 39 heavy (non-hydrogen) atoms. The molecule has 2 saturated heterocycles. The van der Waals surface area contributed by atoms with Gasteiger partial charge in [-0.15, -0.1) is 0 Å². The van der Waals surface area contributed by atoms with E-state index in [0.29, 0.717) is 30.3 Å². The first kappa shape index (κ1) is 28.0. The highest BCUT2D eigenvalue weighted by molar-refractivity contribution is 7.89. The Balaban J connectivity index is 1.46. The third-order valence-corrected chi connectivity index (χ3v) is 10.8. The molecular weight excluding hydrogens is 528 g/mol. The molecule has 9 heteroatoms. The van der Waals surface area contributed by atoms with Crippen LogP contribution in [0.25, 0.3) is 22.0 Å². The molecule has 0 spiro atoms. The number of hydrogen-bond acceptors (Lipinski definition) is 5. The first-order valence-electron chi connectivity index (χ1n) is 13.8. The lowest BCUT2D eigenvalue weighted by Crippen LogP contribution is -2.47. The average Bonchev–Trinajstić information content (AvgIpc) is 3.29. The Morgan fingerprint density at radius 3 is 2.46 bits per heavy atom. The number of rotatable bonds is 9. The molecule has 7 nitrogen and oxygen atoms in total. The lowest BCUT2D eigenvalue weighted by Gasteiger charge is -2.35. The van der Waals surface area contributed by atoms with Gasteiger partial charge >= 0.3 is 0 Å². The maximum atomic E-state index is 12.7. The Morgan fingerprint density at radius 2 is 1.82 bits per heavy atom. The van der Waals surface area contributed by atoms with Crippen LogP contribution in [0, 0.1) is 5.92 Å². The van der Waals surface area contributed by atoms with Crippen LogP contribution in [0.5, 0.6) is 0 Å². The number of nitrogens with two attached hydrogens (primary N) is 1. The van der Waals surface area contributed by atoms with E-state index in [1.807, 2.05) is 25.2 Å². The van der Waals surface area contributed by atoms with Crippen molar-refractivity contribution >= 4 is 43.9 Å². The van der Waals surface area contributed by atoms with Gasteiger partial charge in [0.05, 0.1) is 5.25 Å². The number of carbonyl (C=O) groups excluding carboxylic acids is 1. The lowest BCUT2D eigenvalue weighted by atomic mass is 9.92. The van der Waals surface area contributed by atoms with Crippen molar-refractivity contribution in [1.29, 1.82) is 0 Å². The number of piperidine rings is 1. The fourth-order valence-corrected chi connectivity index (χ4v) is 7.31. The van der Waals surface area contributed by atoms with Crippen LogP contribution in [0.2, 0.25) is 0 Å². The van der Waals surface area contributed by atoms with Crippen LogP contribution >= 0.6 is 12.2 Å². The van der Waals surface area contributed by atoms with Gasteiger partial charge in [0.1, 0.15) is 10.8 Å². The minimum atomic E-state index is -3.26. The van der Waals surface area contributed by atoms with Crippen molar-refractivity contribution in [3.8, 4) is 11.1 Å². The van der Waals surface area contributed by atoms with E-state index >= 15 is 0 Å². The number of hydrogen-bond donors (Lipinski definition) is 1. The van der Waals surface area contributed by atoms with Gasteiger partial charge in [-0.05, 0) is 63.4 Å². The number of aryl methyl sites for hydroxylation is 1. The third kappa shape index (κ3) is 5.68. The number of thiocarbonyl (C=S) groups is 1. The first-order chi connectivity index (χ1) is 18.5. The van der Waals surface area contributed by atoms with E-state index in [9.17, 15) is 13.2 Å². The van der Waals surface area contributed by atoms with Crippen molar-refractivity contribution in [2.24, 2.45) is 11.7 Å². The van der Waals surface area contributed by atoms with Crippen LogP contribution in [-0.4, -0.2) is 71.4 Å². The highest BCUT2D eigenvalue weighted by Gasteiger charge is 2.32. The maximum Gasteiger partial charge on any atom is 0.216 e. The van der Waals surface area contributed by atoms with Crippen LogP contribution in [0.3, 0.4) is 0 Å². The van der Waals surface area contributed by atoms with Crippen LogP contribution in [0.15, 0.2) is 48.7 Å². The van der Waals surface area contributed by atoms with Crippen LogP contribution < -0.4 is 5.73 Å². The highest BCUT2D eigenvalue weighted by atomic mass is 32.2. The molecule has 2 aliphatic rings. The fraction of sp³-hybridized carbons (Fsp3) is 0.467. The van der Waals surface area contributed by atoms with Gasteiger partial charge in [-0.2, -0.15) is 0 Å². The molecule has 0 unspecified atom stereocenters. The molecule has 0 aliphatic carbocycles. The number of likely N-dealkylation sites (tertiary alicyclic amines) is 1. The van der Waals surface area contributed by atoms with Crippen LogP contribution in [-0.2, 0) is 21.2 Å². The van der Waals surface area contributed by atoms with Crippen LogP contribution in [0.4, 0.5) is 0 Å². The largest absolute Gasteiger partial charge is 0.389 e. The minimum Gasteiger partial charge on any atom is -0.389 e. The van der Waals surface area contributed by atoms with Gasteiger partial charge in [-0.25, -0.2) is 12.7 Å². The monoisotopic (exact) mass is 566 g/mol. The van der Waals surface area contributed by atoms with Gasteiger partial charge in [0.25, 0.3) is 0 Å². The number of aromatic nitrogens is 1. The topological polar surface area (TPSA) is 88.6 Å². The lowest BCUT2D eigenvalue weighted by molar-refractivity contribution is -0.127. The SMILES string of the molecule is CC(C)S(=O)(=O)N1CCC(n2cc(-c3cccc(C(N)=S)c3)c3ccc(CCC(=O)C4CN(C)C4)cc32)CC1. The summed E-state index contributed by atoms with van der Waals surface area (Å²) in [6.07, 6.45) is 4.97. The Morgan fingerprint density at radius 1 is 1.10 bits per heavy atom. The van der Waals surface area contributed by atoms with Gasteiger partial charge < -0.3 is 15.2 Å². The van der Waals surface area contributed by atoms with Crippen molar-refractivity contribution in [1.82, 2.24) is 13.8 Å². The molecule has 3 heterocycles. The number of sulfonamides is 1. The van der Waals surface area contributed by atoms with Crippen molar-refractivity contribution in [2.75, 3.05) is 33.2 Å². The van der Waals surface area contributed by atoms with E-state index < -0.39 is 15.3 Å². The summed E-state index contributed by atoms with van der Waals surface area (Å²) in [6, 6.07) is 14.7. The quantitative estimate of drug-likeness (QED) is 0.387. The van der Waals surface area contributed by atoms with Crippen molar-refractivity contribution in [2.45, 2.75) is 50.8 Å². The molecular formula is C30H38N4O3S2. The second-order valence-corrected chi connectivity index (χ2v) is 14.3. The maximum absolute atomic E-state index is 12.7. The van der Waals surface area contributed by atoms with E-state index in [4.69, 9.17) is 18.0 Å². The highest BCUT2D eigenvalue weighted by Crippen LogP contribution is 2.37. The molecule has 0 amide bonds. The minimum absolute atomic E-state index is 0.169. The fourth-order valence-electron chi connectivity index (χ4n) is 5.87. The van der Waals surface area contributed by atoms with Crippen molar-refractivity contribution < 1.29 is 13.2 Å². The zero-order valence-corrected chi connectivity index (χ0v) is 24.6. The number of benzene rings is 2. The number of ketones is 1. The van der Waals surface area contributed by atoms with Gasteiger partial charge in [0, 0.05) is 72.8 Å². The van der Waals surface area contributed by atoms with E-state index in [1.54, 1.807) is 18.2 Å². The van der Waals surface area contributed by atoms with Crippen LogP contribution in [0.1, 0.15) is 50.3 Å².